The van der Waals surface area contributed by atoms with Crippen molar-refractivity contribution in [1.29, 1.82) is 0 Å². The molecule has 0 aromatic heterocycles. The van der Waals surface area contributed by atoms with E-state index < -0.39 is 6.10 Å². The quantitative estimate of drug-likeness (QED) is 0.342. The number of rotatable bonds is 7. The highest BCUT2D eigenvalue weighted by Gasteiger charge is 2.85. The number of amides is 2. The minimum Gasteiger partial charge on any atom is -0.389 e. The molecule has 1 N–H and O–H groups in total. The van der Waals surface area contributed by atoms with Crippen LogP contribution in [0.5, 0.6) is 0 Å². The van der Waals surface area contributed by atoms with Gasteiger partial charge in [0, 0.05) is 43.8 Å². The number of morpholine rings is 2. The number of hydrogen-bond acceptors (Lipinski definition) is 7. The Balaban J connectivity index is 0.888. The number of aliphatic hydroxyl groups is 1. The topological polar surface area (TPSA) is 97.8 Å². The maximum atomic E-state index is 13.0. The number of ether oxygens (including phenoxy) is 4. The van der Waals surface area contributed by atoms with Crippen LogP contribution in [-0.4, -0.2) is 91.2 Å². The summed E-state index contributed by atoms with van der Waals surface area (Å²) in [6, 6.07) is 0. The first-order valence-electron chi connectivity index (χ1n) is 20.7. The van der Waals surface area contributed by atoms with Crippen molar-refractivity contribution in [1.82, 2.24) is 9.80 Å². The predicted molar refractivity (Wildman–Crippen MR) is 190 cm³/mol. The van der Waals surface area contributed by atoms with Crippen LogP contribution in [0.2, 0.25) is 0 Å². The fraction of sp³-hybridized carbons (Fsp3) is 0.881. The third-order valence-electron chi connectivity index (χ3n) is 16.9. The van der Waals surface area contributed by atoms with Gasteiger partial charge in [-0.25, -0.2) is 0 Å². The van der Waals surface area contributed by atoms with E-state index in [0.29, 0.717) is 83.0 Å². The molecule has 3 saturated heterocycles. The van der Waals surface area contributed by atoms with Gasteiger partial charge in [0.05, 0.1) is 44.7 Å². The third kappa shape index (κ3) is 5.23. The van der Waals surface area contributed by atoms with E-state index in [1.54, 1.807) is 5.92 Å². The lowest BCUT2D eigenvalue weighted by atomic mass is 9.41. The first-order chi connectivity index (χ1) is 24.3. The van der Waals surface area contributed by atoms with Crippen molar-refractivity contribution >= 4 is 11.8 Å². The molecule has 10 atom stereocenters. The van der Waals surface area contributed by atoms with E-state index in [2.05, 4.69) is 34.6 Å². The molecule has 2 amide bonds. The molecule has 0 unspecified atom stereocenters. The first kappa shape index (κ1) is 35.4. The summed E-state index contributed by atoms with van der Waals surface area (Å²) in [5.74, 6) is 3.83. The number of aliphatic hydroxyl groups excluding tert-OH is 1. The summed E-state index contributed by atoms with van der Waals surface area (Å²) in [6.07, 6.45) is 14.0. The monoisotopic (exact) mass is 707 g/mol. The molecular weight excluding hydrogens is 644 g/mol. The van der Waals surface area contributed by atoms with E-state index in [9.17, 15) is 14.7 Å². The van der Waals surface area contributed by atoms with Crippen LogP contribution in [-0.2, 0) is 28.5 Å². The molecule has 3 radical (unpaired) electrons. The van der Waals surface area contributed by atoms with Crippen LogP contribution in [0.15, 0.2) is 0 Å². The number of hydrogen-bond donors (Lipinski definition) is 1. The van der Waals surface area contributed by atoms with Crippen molar-refractivity contribution in [3.63, 3.8) is 0 Å². The normalized spacial score (nSPS) is 46.8. The van der Waals surface area contributed by atoms with Crippen molar-refractivity contribution in [2.24, 2.45) is 50.7 Å². The highest BCUT2D eigenvalue weighted by atomic mass is 16.7. The Hall–Kier alpha value is -1.26. The molecule has 9 heteroatoms. The molecule has 0 bridgehead atoms. The minimum absolute atomic E-state index is 0.00420. The summed E-state index contributed by atoms with van der Waals surface area (Å²) in [4.78, 5) is 29.8. The Morgan fingerprint density at radius 3 is 2.47 bits per heavy atom. The largest absolute Gasteiger partial charge is 0.389 e. The van der Waals surface area contributed by atoms with E-state index in [1.165, 1.54) is 25.7 Å². The van der Waals surface area contributed by atoms with Crippen LogP contribution < -0.4 is 0 Å². The Morgan fingerprint density at radius 1 is 0.941 bits per heavy atom. The van der Waals surface area contributed by atoms with Crippen LogP contribution in [0, 0.1) is 68.9 Å². The van der Waals surface area contributed by atoms with Crippen LogP contribution in [0.4, 0.5) is 0 Å². The lowest BCUT2D eigenvalue weighted by Gasteiger charge is -2.63. The summed E-state index contributed by atoms with van der Waals surface area (Å²) in [5, 5.41) is 12.5. The molecule has 0 aromatic rings. The molecule has 9 aliphatic rings. The lowest BCUT2D eigenvalue weighted by Crippen LogP contribution is -2.59. The predicted octanol–water partition coefficient (Wildman–Crippen LogP) is 6.09. The summed E-state index contributed by atoms with van der Waals surface area (Å²) in [7, 11) is 0. The van der Waals surface area contributed by atoms with Gasteiger partial charge in [-0.05, 0) is 116 Å². The standard InChI is InChI=1S/C42H63N2O7/c1-26-22-28(8-11-32(45)43-16-19-48-20-17-43)50-36-35(26)39(4)14-15-42-25-41(42)13-12-31(38(2,3)29(41)9-10-30(42)40(39,5)37(36)47)51-34-24-44(18-21-49-34)33(46)23-27-6-7-27/h26-27,29,31,34-35,37,47H,6-25H2,1-5H3/t26-,29+,31+,34+,35+,37+,39-,40-,41-,42+/m1/s1. The summed E-state index contributed by atoms with van der Waals surface area (Å²) in [5.41, 5.74) is 0.0854. The second-order valence-corrected chi connectivity index (χ2v) is 19.5. The first-order valence-corrected chi connectivity index (χ1v) is 20.7. The van der Waals surface area contributed by atoms with Gasteiger partial charge in [0.25, 0.3) is 0 Å². The van der Waals surface area contributed by atoms with Gasteiger partial charge >= 0.3 is 0 Å². The zero-order valence-electron chi connectivity index (χ0n) is 32.0. The zero-order valence-corrected chi connectivity index (χ0v) is 32.0. The molecule has 3 aliphatic heterocycles. The number of fused-ring (bicyclic) bond motifs is 4. The van der Waals surface area contributed by atoms with Gasteiger partial charge in [0.1, 0.15) is 6.10 Å². The average Bonchev–Trinajstić information content (AvgIpc) is 4.04. The van der Waals surface area contributed by atoms with E-state index in [0.717, 1.165) is 50.7 Å². The molecule has 3 heterocycles. The summed E-state index contributed by atoms with van der Waals surface area (Å²) >= 11 is 0. The number of carbonyl (C=O) groups is 2. The molecule has 51 heavy (non-hydrogen) atoms. The molecule has 6 saturated carbocycles. The van der Waals surface area contributed by atoms with Crippen molar-refractivity contribution in [3.05, 3.63) is 18.1 Å². The maximum absolute atomic E-state index is 13.0. The van der Waals surface area contributed by atoms with Gasteiger partial charge in [-0.1, -0.05) is 34.6 Å². The van der Waals surface area contributed by atoms with Crippen molar-refractivity contribution in [2.75, 3.05) is 46.0 Å². The molecule has 6 aliphatic carbocycles. The SMILES string of the molecule is C[C@@H]1C[C](CCC(=O)N2CCOCC2)O[C]2[C@H]1[C@@]1(C)CC[C@@]34C[C@@]35CC[C@H](O[C@H]3CN(C(=O)CC6CC6)CCO3)C(C)(C)[C@@H]5CC[C]4[C@]1(C)[C@H]2O. The Morgan fingerprint density at radius 2 is 1.71 bits per heavy atom. The highest BCUT2D eigenvalue weighted by Crippen LogP contribution is 2.90. The molecule has 9 rings (SSSR count). The zero-order chi connectivity index (χ0) is 35.6. The minimum atomic E-state index is -0.622. The van der Waals surface area contributed by atoms with Crippen LogP contribution >= 0.6 is 0 Å². The Kier molecular flexibility index (Phi) is 8.60. The summed E-state index contributed by atoms with van der Waals surface area (Å²) in [6.45, 7) is 16.5. The maximum Gasteiger partial charge on any atom is 0.223 e. The second-order valence-electron chi connectivity index (χ2n) is 19.5. The Bertz CT molecular complexity index is 1380. The molecule has 9 fully saturated rings. The molecular formula is C42H63N2O7. The van der Waals surface area contributed by atoms with E-state index in [1.807, 2.05) is 9.80 Å². The summed E-state index contributed by atoms with van der Waals surface area (Å²) < 4.78 is 25.2. The van der Waals surface area contributed by atoms with Gasteiger partial charge < -0.3 is 33.9 Å². The van der Waals surface area contributed by atoms with Crippen molar-refractivity contribution in [3.8, 4) is 0 Å². The lowest BCUT2D eigenvalue weighted by molar-refractivity contribution is -0.242. The Labute approximate surface area is 306 Å². The van der Waals surface area contributed by atoms with Gasteiger partial charge in [-0.3, -0.25) is 9.59 Å². The highest BCUT2D eigenvalue weighted by molar-refractivity contribution is 5.77. The third-order valence-corrected chi connectivity index (χ3v) is 16.9. The van der Waals surface area contributed by atoms with Crippen molar-refractivity contribution < 1.29 is 33.6 Å². The van der Waals surface area contributed by atoms with Gasteiger partial charge in [-0.15, -0.1) is 0 Å². The van der Waals surface area contributed by atoms with Crippen LogP contribution in [0.1, 0.15) is 118 Å². The smallest absolute Gasteiger partial charge is 0.223 e. The van der Waals surface area contributed by atoms with E-state index >= 15 is 0 Å². The van der Waals surface area contributed by atoms with E-state index in [-0.39, 0.29) is 57.2 Å². The molecule has 283 valence electrons. The van der Waals surface area contributed by atoms with Crippen molar-refractivity contribution in [2.45, 2.75) is 137 Å². The van der Waals surface area contributed by atoms with Crippen LogP contribution in [0.3, 0.4) is 0 Å². The number of nitrogens with zero attached hydrogens (tertiary/aromatic N) is 2. The molecule has 2 spiro atoms. The van der Waals surface area contributed by atoms with Crippen LogP contribution in [0.25, 0.3) is 0 Å². The van der Waals surface area contributed by atoms with Gasteiger partial charge in [0.15, 0.2) is 6.29 Å². The molecule has 0 aromatic carbocycles. The van der Waals surface area contributed by atoms with Gasteiger partial charge in [0.2, 0.25) is 11.8 Å². The average molecular weight is 708 g/mol. The molecule has 9 nitrogen and oxygen atoms in total. The fourth-order valence-corrected chi connectivity index (χ4v) is 13.9. The fourth-order valence-electron chi connectivity index (χ4n) is 13.9. The second kappa shape index (κ2) is 12.4. The van der Waals surface area contributed by atoms with E-state index in [4.69, 9.17) is 18.9 Å². The number of carbonyl (C=O) groups excluding carboxylic acids is 2. The van der Waals surface area contributed by atoms with Gasteiger partial charge in [-0.2, -0.15) is 0 Å².